The van der Waals surface area contributed by atoms with Crippen LogP contribution < -0.4 is 10.6 Å². The largest absolute Gasteiger partial charge is 0.337 e. The van der Waals surface area contributed by atoms with Crippen LogP contribution in [-0.2, 0) is 5.41 Å². The Morgan fingerprint density at radius 3 is 2.39 bits per heavy atom. The van der Waals surface area contributed by atoms with Gasteiger partial charge in [-0.3, -0.25) is 0 Å². The normalized spacial score (nSPS) is 10.6. The van der Waals surface area contributed by atoms with Crippen LogP contribution in [0.5, 0.6) is 0 Å². The number of hydrogen-bond donors (Lipinski definition) is 2. The summed E-state index contributed by atoms with van der Waals surface area (Å²) >= 11 is 0. The molecule has 2 amide bonds. The highest BCUT2D eigenvalue weighted by atomic mass is 16.2. The monoisotopic (exact) mass is 245 g/mol. The summed E-state index contributed by atoms with van der Waals surface area (Å²) in [5, 5.41) is 13.7. The first kappa shape index (κ1) is 14.0. The van der Waals surface area contributed by atoms with Gasteiger partial charge in [0.15, 0.2) is 0 Å². The van der Waals surface area contributed by atoms with E-state index >= 15 is 0 Å². The fraction of sp³-hybridized carbons (Fsp3) is 0.429. The van der Waals surface area contributed by atoms with Crippen LogP contribution in [0.1, 0.15) is 32.8 Å². The lowest BCUT2D eigenvalue weighted by Gasteiger charge is -2.19. The second kappa shape index (κ2) is 6.06. The standard InChI is InChI=1S/C14H19N3O/c1-14(2,3)11-5-7-12(8-6-11)17-13(18)16-10-4-9-15/h5-8H,4,10H2,1-3H3,(H2,16,17,18). The Morgan fingerprint density at radius 1 is 1.28 bits per heavy atom. The molecule has 1 rings (SSSR count). The van der Waals surface area contributed by atoms with E-state index in [4.69, 9.17) is 5.26 Å². The number of benzene rings is 1. The molecule has 0 atom stereocenters. The summed E-state index contributed by atoms with van der Waals surface area (Å²) < 4.78 is 0. The number of hydrogen-bond acceptors (Lipinski definition) is 2. The van der Waals surface area contributed by atoms with Gasteiger partial charge in [-0.2, -0.15) is 5.26 Å². The maximum atomic E-state index is 11.4. The number of amides is 2. The quantitative estimate of drug-likeness (QED) is 0.804. The maximum absolute atomic E-state index is 11.4. The third-order valence-electron chi connectivity index (χ3n) is 2.53. The van der Waals surface area contributed by atoms with Crippen molar-refractivity contribution < 1.29 is 4.79 Å². The number of carbonyl (C=O) groups is 1. The lowest BCUT2D eigenvalue weighted by molar-refractivity contribution is 0.252. The van der Waals surface area contributed by atoms with E-state index in [1.807, 2.05) is 30.3 Å². The van der Waals surface area contributed by atoms with Gasteiger partial charge in [-0.15, -0.1) is 0 Å². The summed E-state index contributed by atoms with van der Waals surface area (Å²) in [6, 6.07) is 9.45. The molecule has 0 radical (unpaired) electrons. The molecular weight excluding hydrogens is 226 g/mol. The van der Waals surface area contributed by atoms with Gasteiger partial charge in [0.1, 0.15) is 0 Å². The summed E-state index contributed by atoms with van der Waals surface area (Å²) in [4.78, 5) is 11.4. The topological polar surface area (TPSA) is 64.9 Å². The highest BCUT2D eigenvalue weighted by Gasteiger charge is 2.12. The number of nitrogens with zero attached hydrogens (tertiary/aromatic N) is 1. The van der Waals surface area contributed by atoms with Crippen molar-refractivity contribution >= 4 is 11.7 Å². The molecule has 4 heteroatoms. The van der Waals surface area contributed by atoms with Gasteiger partial charge in [0.2, 0.25) is 0 Å². The van der Waals surface area contributed by atoms with Gasteiger partial charge in [0.05, 0.1) is 12.5 Å². The van der Waals surface area contributed by atoms with Crippen LogP contribution in [0.3, 0.4) is 0 Å². The fourth-order valence-corrected chi connectivity index (χ4v) is 1.46. The molecule has 18 heavy (non-hydrogen) atoms. The number of urea groups is 1. The minimum Gasteiger partial charge on any atom is -0.337 e. The minimum atomic E-state index is -0.284. The Balaban J connectivity index is 2.54. The highest BCUT2D eigenvalue weighted by Crippen LogP contribution is 2.23. The third-order valence-corrected chi connectivity index (χ3v) is 2.53. The molecule has 0 aromatic heterocycles. The van der Waals surface area contributed by atoms with Crippen LogP contribution in [0.25, 0.3) is 0 Å². The first-order chi connectivity index (χ1) is 8.43. The Bertz CT molecular complexity index is 438. The Kier molecular flexibility index (Phi) is 4.73. The van der Waals surface area contributed by atoms with Crippen LogP contribution in [0, 0.1) is 11.3 Å². The molecule has 1 aromatic rings. The van der Waals surface area contributed by atoms with E-state index in [-0.39, 0.29) is 11.4 Å². The summed E-state index contributed by atoms with van der Waals surface area (Å²) in [7, 11) is 0. The maximum Gasteiger partial charge on any atom is 0.319 e. The van der Waals surface area contributed by atoms with Crippen LogP contribution in [0.15, 0.2) is 24.3 Å². The van der Waals surface area contributed by atoms with Gasteiger partial charge < -0.3 is 10.6 Å². The van der Waals surface area contributed by atoms with E-state index in [1.165, 1.54) is 5.56 Å². The van der Waals surface area contributed by atoms with Crippen LogP contribution in [0.4, 0.5) is 10.5 Å². The molecule has 4 nitrogen and oxygen atoms in total. The van der Waals surface area contributed by atoms with Crippen molar-refractivity contribution in [3.05, 3.63) is 29.8 Å². The molecule has 0 fully saturated rings. The smallest absolute Gasteiger partial charge is 0.319 e. The van der Waals surface area contributed by atoms with E-state index in [2.05, 4.69) is 31.4 Å². The van der Waals surface area contributed by atoms with Gasteiger partial charge >= 0.3 is 6.03 Å². The van der Waals surface area contributed by atoms with E-state index in [9.17, 15) is 4.79 Å². The molecule has 0 heterocycles. The van der Waals surface area contributed by atoms with Crippen LogP contribution in [0.2, 0.25) is 0 Å². The predicted octanol–water partition coefficient (Wildman–Crippen LogP) is 3.02. The van der Waals surface area contributed by atoms with Crippen LogP contribution in [-0.4, -0.2) is 12.6 Å². The molecule has 1 aromatic carbocycles. The summed E-state index contributed by atoms with van der Waals surface area (Å²) in [6.45, 7) is 6.79. The zero-order valence-corrected chi connectivity index (χ0v) is 11.1. The minimum absolute atomic E-state index is 0.105. The summed E-state index contributed by atoms with van der Waals surface area (Å²) in [5.41, 5.74) is 2.07. The van der Waals surface area contributed by atoms with E-state index in [0.29, 0.717) is 13.0 Å². The van der Waals surface area contributed by atoms with Gasteiger partial charge in [-0.1, -0.05) is 32.9 Å². The van der Waals surface area contributed by atoms with Gasteiger partial charge in [0.25, 0.3) is 0 Å². The van der Waals surface area contributed by atoms with Crippen molar-refractivity contribution in [1.29, 1.82) is 5.26 Å². The Hall–Kier alpha value is -2.02. The molecule has 0 saturated heterocycles. The Labute approximate surface area is 108 Å². The number of nitrogens with one attached hydrogen (secondary N) is 2. The molecular formula is C14H19N3O. The number of nitriles is 1. The molecule has 0 saturated carbocycles. The zero-order valence-electron chi connectivity index (χ0n) is 11.1. The lowest BCUT2D eigenvalue weighted by atomic mass is 9.87. The first-order valence-corrected chi connectivity index (χ1v) is 5.96. The van der Waals surface area contributed by atoms with Crippen molar-refractivity contribution in [3.8, 4) is 6.07 Å². The second-order valence-electron chi connectivity index (χ2n) is 5.12. The zero-order chi connectivity index (χ0) is 13.6. The van der Waals surface area contributed by atoms with Crippen molar-refractivity contribution in [2.45, 2.75) is 32.6 Å². The fourth-order valence-electron chi connectivity index (χ4n) is 1.46. The summed E-state index contributed by atoms with van der Waals surface area (Å²) in [5.74, 6) is 0. The Morgan fingerprint density at radius 2 is 1.89 bits per heavy atom. The second-order valence-corrected chi connectivity index (χ2v) is 5.12. The third kappa shape index (κ3) is 4.46. The predicted molar refractivity (Wildman–Crippen MR) is 72.4 cm³/mol. The van der Waals surface area contributed by atoms with E-state index < -0.39 is 0 Å². The molecule has 96 valence electrons. The first-order valence-electron chi connectivity index (χ1n) is 5.96. The molecule has 0 unspecified atom stereocenters. The van der Waals surface area contributed by atoms with Gasteiger partial charge in [-0.05, 0) is 23.1 Å². The highest BCUT2D eigenvalue weighted by molar-refractivity contribution is 5.89. The van der Waals surface area contributed by atoms with Crippen molar-refractivity contribution in [3.63, 3.8) is 0 Å². The van der Waals surface area contributed by atoms with Gasteiger partial charge in [-0.25, -0.2) is 4.79 Å². The molecule has 0 bridgehead atoms. The van der Waals surface area contributed by atoms with Crippen molar-refractivity contribution in [1.82, 2.24) is 5.32 Å². The number of carbonyl (C=O) groups excluding carboxylic acids is 1. The van der Waals surface area contributed by atoms with E-state index in [1.54, 1.807) is 0 Å². The van der Waals surface area contributed by atoms with E-state index in [0.717, 1.165) is 5.69 Å². The molecule has 2 N–H and O–H groups in total. The molecule has 0 aliphatic rings. The van der Waals surface area contributed by atoms with Gasteiger partial charge in [0, 0.05) is 12.2 Å². The number of rotatable bonds is 3. The summed E-state index contributed by atoms with van der Waals surface area (Å²) in [6.07, 6.45) is 0.316. The SMILES string of the molecule is CC(C)(C)c1ccc(NC(=O)NCCC#N)cc1. The van der Waals surface area contributed by atoms with Crippen molar-refractivity contribution in [2.24, 2.45) is 0 Å². The molecule has 0 aliphatic heterocycles. The number of anilines is 1. The molecule has 0 aliphatic carbocycles. The average molecular weight is 245 g/mol. The van der Waals surface area contributed by atoms with Crippen LogP contribution >= 0.6 is 0 Å². The average Bonchev–Trinajstić information content (AvgIpc) is 2.29. The molecule has 0 spiro atoms. The van der Waals surface area contributed by atoms with Crippen molar-refractivity contribution in [2.75, 3.05) is 11.9 Å². The lowest BCUT2D eigenvalue weighted by Crippen LogP contribution is -2.29.